The number of anilines is 1. The van der Waals surface area contributed by atoms with E-state index in [1.54, 1.807) is 18.9 Å². The van der Waals surface area contributed by atoms with Crippen LogP contribution in [0, 0.1) is 5.92 Å². The van der Waals surface area contributed by atoms with Crippen LogP contribution >= 0.6 is 11.8 Å². The molecule has 1 aromatic carbocycles. The largest absolute Gasteiger partial charge is 0.409 e. The van der Waals surface area contributed by atoms with E-state index in [0.717, 1.165) is 42.3 Å². The number of amidine groups is 1. The summed E-state index contributed by atoms with van der Waals surface area (Å²) in [4.78, 5) is 3.31. The van der Waals surface area contributed by atoms with Crippen LogP contribution in [0.2, 0.25) is 0 Å². The van der Waals surface area contributed by atoms with Crippen LogP contribution in [0.4, 0.5) is 5.69 Å². The smallest absolute Gasteiger partial charge is 0.173 e. The van der Waals surface area contributed by atoms with Crippen molar-refractivity contribution in [2.75, 3.05) is 38.0 Å². The molecule has 1 heterocycles. The van der Waals surface area contributed by atoms with Gasteiger partial charge in [-0.05, 0) is 24.8 Å². The molecule has 1 saturated heterocycles. The third-order valence-corrected chi connectivity index (χ3v) is 4.40. The molecule has 1 aliphatic heterocycles. The van der Waals surface area contributed by atoms with Crippen molar-refractivity contribution in [3.63, 3.8) is 0 Å². The molecule has 1 fully saturated rings. The lowest BCUT2D eigenvalue weighted by Crippen LogP contribution is -2.25. The molecule has 0 radical (unpaired) electrons. The second kappa shape index (κ2) is 6.85. The molecule has 1 aliphatic rings. The molecule has 1 aromatic rings. The van der Waals surface area contributed by atoms with Gasteiger partial charge in [0.15, 0.2) is 5.84 Å². The molecule has 0 spiro atoms. The van der Waals surface area contributed by atoms with Crippen LogP contribution in [-0.4, -0.2) is 44.1 Å². The van der Waals surface area contributed by atoms with Gasteiger partial charge in [-0.1, -0.05) is 11.2 Å². The summed E-state index contributed by atoms with van der Waals surface area (Å²) in [5.74, 6) is 0.707. The molecule has 1 unspecified atom stereocenters. The fourth-order valence-corrected chi connectivity index (χ4v) is 3.31. The third kappa shape index (κ3) is 3.02. The molecule has 6 heteroatoms. The van der Waals surface area contributed by atoms with E-state index in [0.29, 0.717) is 5.92 Å². The van der Waals surface area contributed by atoms with Crippen LogP contribution < -0.4 is 10.6 Å². The van der Waals surface area contributed by atoms with Crippen LogP contribution in [0.15, 0.2) is 28.3 Å². The number of benzene rings is 1. The summed E-state index contributed by atoms with van der Waals surface area (Å²) in [6.45, 7) is 2.69. The first-order chi connectivity index (χ1) is 9.71. The Morgan fingerprint density at radius 3 is 3.05 bits per heavy atom. The zero-order valence-electron chi connectivity index (χ0n) is 11.9. The normalized spacial score (nSPS) is 19.6. The quantitative estimate of drug-likeness (QED) is 0.286. The highest BCUT2D eigenvalue weighted by molar-refractivity contribution is 7.98. The monoisotopic (exact) mass is 295 g/mol. The molecule has 1 atom stereocenters. The van der Waals surface area contributed by atoms with Crippen LogP contribution in [0.1, 0.15) is 12.0 Å². The fourth-order valence-electron chi connectivity index (χ4n) is 2.68. The molecule has 2 rings (SSSR count). The molecule has 3 N–H and O–H groups in total. The van der Waals surface area contributed by atoms with E-state index in [-0.39, 0.29) is 5.84 Å². The predicted molar refractivity (Wildman–Crippen MR) is 82.9 cm³/mol. The Bertz CT molecular complexity index is 493. The fraction of sp³-hybridized carbons (Fsp3) is 0.500. The zero-order chi connectivity index (χ0) is 14.5. The number of methoxy groups -OCH3 is 1. The topological polar surface area (TPSA) is 71.1 Å². The lowest BCUT2D eigenvalue weighted by Gasteiger charge is -2.23. The second-order valence-corrected chi connectivity index (χ2v) is 5.74. The summed E-state index contributed by atoms with van der Waals surface area (Å²) in [6.07, 6.45) is 3.10. The first-order valence-electron chi connectivity index (χ1n) is 6.60. The van der Waals surface area contributed by atoms with Gasteiger partial charge in [-0.2, -0.15) is 0 Å². The van der Waals surface area contributed by atoms with Crippen molar-refractivity contribution in [3.05, 3.63) is 23.8 Å². The molecule has 0 bridgehead atoms. The average molecular weight is 295 g/mol. The Hall–Kier alpha value is -1.40. The maximum absolute atomic E-state index is 9.03. The highest BCUT2D eigenvalue weighted by atomic mass is 32.2. The summed E-state index contributed by atoms with van der Waals surface area (Å²) in [6, 6.07) is 6.03. The summed E-state index contributed by atoms with van der Waals surface area (Å²) < 4.78 is 5.23. The number of hydrogen-bond acceptors (Lipinski definition) is 5. The van der Waals surface area contributed by atoms with Gasteiger partial charge in [-0.3, -0.25) is 0 Å². The van der Waals surface area contributed by atoms with Gasteiger partial charge in [-0.25, -0.2) is 0 Å². The van der Waals surface area contributed by atoms with E-state index in [9.17, 15) is 0 Å². The Balaban J connectivity index is 2.32. The average Bonchev–Trinajstić information content (AvgIpc) is 2.94. The maximum atomic E-state index is 9.03. The number of oxime groups is 1. The molecule has 0 aromatic heterocycles. The van der Waals surface area contributed by atoms with Gasteiger partial charge in [0.2, 0.25) is 0 Å². The standard InChI is InChI=1S/C14H21N3O2S/c1-19-9-10-6-7-17(8-10)11-4-3-5-12(20-2)13(11)14(15)16-18/h3-5,10,18H,6-9H2,1-2H3,(H2,15,16). The van der Waals surface area contributed by atoms with Crippen molar-refractivity contribution in [1.82, 2.24) is 0 Å². The minimum Gasteiger partial charge on any atom is -0.409 e. The molecular formula is C14H21N3O2S. The van der Waals surface area contributed by atoms with Crippen LogP contribution in [0.25, 0.3) is 0 Å². The zero-order valence-corrected chi connectivity index (χ0v) is 12.7. The minimum atomic E-state index is 0.167. The Kier molecular flexibility index (Phi) is 5.14. The van der Waals surface area contributed by atoms with E-state index < -0.39 is 0 Å². The van der Waals surface area contributed by atoms with Crippen molar-refractivity contribution < 1.29 is 9.94 Å². The maximum Gasteiger partial charge on any atom is 0.173 e. The number of rotatable bonds is 5. The Morgan fingerprint density at radius 2 is 2.40 bits per heavy atom. The van der Waals surface area contributed by atoms with Gasteiger partial charge in [0, 0.05) is 36.7 Å². The number of nitrogens with zero attached hydrogens (tertiary/aromatic N) is 2. The summed E-state index contributed by atoms with van der Waals surface area (Å²) in [5, 5.41) is 12.2. The third-order valence-electron chi connectivity index (χ3n) is 3.62. The summed E-state index contributed by atoms with van der Waals surface area (Å²) in [5.41, 5.74) is 7.72. The summed E-state index contributed by atoms with van der Waals surface area (Å²) >= 11 is 1.60. The number of nitrogens with two attached hydrogens (primary N) is 1. The Morgan fingerprint density at radius 1 is 1.60 bits per heavy atom. The SMILES string of the molecule is COCC1CCN(c2cccc(SC)c2/C(N)=N/O)C1. The van der Waals surface area contributed by atoms with E-state index in [4.69, 9.17) is 15.7 Å². The van der Waals surface area contributed by atoms with Gasteiger partial charge >= 0.3 is 0 Å². The molecule has 5 nitrogen and oxygen atoms in total. The molecule has 110 valence electrons. The number of ether oxygens (including phenoxy) is 1. The van der Waals surface area contributed by atoms with Crippen molar-refractivity contribution in [2.45, 2.75) is 11.3 Å². The highest BCUT2D eigenvalue weighted by Gasteiger charge is 2.26. The molecule has 20 heavy (non-hydrogen) atoms. The van der Waals surface area contributed by atoms with E-state index in [2.05, 4.69) is 10.1 Å². The van der Waals surface area contributed by atoms with Crippen LogP contribution in [0.5, 0.6) is 0 Å². The van der Waals surface area contributed by atoms with Crippen LogP contribution in [0.3, 0.4) is 0 Å². The van der Waals surface area contributed by atoms with Crippen molar-refractivity contribution >= 4 is 23.3 Å². The first-order valence-corrected chi connectivity index (χ1v) is 7.82. The number of hydrogen-bond donors (Lipinski definition) is 2. The van der Waals surface area contributed by atoms with E-state index in [1.807, 2.05) is 24.5 Å². The van der Waals surface area contributed by atoms with Gasteiger partial charge in [0.25, 0.3) is 0 Å². The second-order valence-electron chi connectivity index (χ2n) is 4.90. The summed E-state index contributed by atoms with van der Waals surface area (Å²) in [7, 11) is 1.73. The minimum absolute atomic E-state index is 0.167. The van der Waals surface area contributed by atoms with Crippen molar-refractivity contribution in [3.8, 4) is 0 Å². The van der Waals surface area contributed by atoms with Gasteiger partial charge in [-0.15, -0.1) is 11.8 Å². The van der Waals surface area contributed by atoms with Gasteiger partial charge in [0.1, 0.15) is 0 Å². The molecule has 0 amide bonds. The lowest BCUT2D eigenvalue weighted by molar-refractivity contribution is 0.161. The van der Waals surface area contributed by atoms with E-state index >= 15 is 0 Å². The molecular weight excluding hydrogens is 274 g/mol. The highest BCUT2D eigenvalue weighted by Crippen LogP contribution is 2.32. The predicted octanol–water partition coefficient (Wildman–Crippen LogP) is 1.98. The first kappa shape index (κ1) is 15.0. The molecule has 0 aliphatic carbocycles. The van der Waals surface area contributed by atoms with Gasteiger partial charge < -0.3 is 20.6 Å². The van der Waals surface area contributed by atoms with Crippen LogP contribution in [-0.2, 0) is 4.74 Å². The Labute approximate surface area is 123 Å². The van der Waals surface area contributed by atoms with E-state index in [1.165, 1.54) is 0 Å². The van der Waals surface area contributed by atoms with Gasteiger partial charge in [0.05, 0.1) is 12.2 Å². The molecule has 0 saturated carbocycles. The lowest BCUT2D eigenvalue weighted by atomic mass is 10.1. The van der Waals surface area contributed by atoms with Crippen molar-refractivity contribution in [1.29, 1.82) is 0 Å². The van der Waals surface area contributed by atoms with Crippen molar-refractivity contribution in [2.24, 2.45) is 16.8 Å². The number of thioether (sulfide) groups is 1.